The number of hydrogen-bond acceptors (Lipinski definition) is 2. The van der Waals surface area contributed by atoms with Crippen molar-refractivity contribution in [2.24, 2.45) is 17.9 Å². The third-order valence-electron chi connectivity index (χ3n) is 3.65. The summed E-state index contributed by atoms with van der Waals surface area (Å²) in [5.41, 5.74) is 10.8. The predicted octanol–water partition coefficient (Wildman–Crippen LogP) is 1.83. The second-order valence-corrected chi connectivity index (χ2v) is 5.11. The van der Waals surface area contributed by atoms with E-state index in [0.29, 0.717) is 5.56 Å². The molecule has 0 saturated carbocycles. The van der Waals surface area contributed by atoms with E-state index in [1.54, 1.807) is 0 Å². The fourth-order valence-corrected chi connectivity index (χ4v) is 2.49. The Morgan fingerprint density at radius 3 is 2.52 bits per heavy atom. The molecular formula is C16H17N4O+. The number of pyridine rings is 1. The molecule has 2 aromatic heterocycles. The molecule has 2 heterocycles. The van der Waals surface area contributed by atoms with Crippen molar-refractivity contribution in [3.05, 3.63) is 59.9 Å². The van der Waals surface area contributed by atoms with Crippen molar-refractivity contribution < 1.29 is 9.61 Å². The second-order valence-electron chi connectivity index (χ2n) is 5.11. The van der Waals surface area contributed by atoms with E-state index in [1.807, 2.05) is 31.3 Å². The summed E-state index contributed by atoms with van der Waals surface area (Å²) in [7, 11) is 2.04. The third-order valence-corrected chi connectivity index (χ3v) is 3.65. The molecule has 0 amide bonds. The SMILES string of the molecule is Cc1ccc2n(C)c(-c3ccc(C(N)=NO)cc3)c[n+]2c1. The van der Waals surface area contributed by atoms with Crippen molar-refractivity contribution in [2.75, 3.05) is 0 Å². The number of benzene rings is 1. The minimum atomic E-state index is 0.114. The van der Waals surface area contributed by atoms with Crippen LogP contribution in [0.5, 0.6) is 0 Å². The molecule has 3 N–H and O–H groups in total. The lowest BCUT2D eigenvalue weighted by Crippen LogP contribution is -2.18. The minimum absolute atomic E-state index is 0.114. The van der Waals surface area contributed by atoms with Crippen LogP contribution < -0.4 is 10.1 Å². The van der Waals surface area contributed by atoms with Crippen LogP contribution in [0, 0.1) is 6.92 Å². The number of imidazole rings is 1. The quantitative estimate of drug-likeness (QED) is 0.247. The first-order chi connectivity index (χ1) is 10.1. The van der Waals surface area contributed by atoms with Crippen LogP contribution in [-0.4, -0.2) is 15.6 Å². The summed E-state index contributed by atoms with van der Waals surface area (Å²) in [4.78, 5) is 0. The summed E-state index contributed by atoms with van der Waals surface area (Å²) in [6, 6.07) is 11.8. The van der Waals surface area contributed by atoms with Crippen LogP contribution in [0.2, 0.25) is 0 Å². The first-order valence-electron chi connectivity index (χ1n) is 6.66. The lowest BCUT2D eigenvalue weighted by atomic mass is 10.1. The molecule has 3 rings (SSSR count). The van der Waals surface area contributed by atoms with Crippen molar-refractivity contribution in [1.82, 2.24) is 4.57 Å². The highest BCUT2D eigenvalue weighted by atomic mass is 16.4. The fourth-order valence-electron chi connectivity index (χ4n) is 2.49. The standard InChI is InChI=1S/C16H16N4O/c1-11-3-8-15-19(2)14(10-20(15)9-11)12-4-6-13(7-5-12)16(17)18-21/h3-10H,1-2H3,(H2-,17,18,21)/p+1. The van der Waals surface area contributed by atoms with Crippen molar-refractivity contribution in [1.29, 1.82) is 0 Å². The first kappa shape index (κ1) is 13.2. The third kappa shape index (κ3) is 2.23. The number of aromatic nitrogens is 2. The zero-order chi connectivity index (χ0) is 15.0. The maximum atomic E-state index is 8.70. The molecule has 106 valence electrons. The van der Waals surface area contributed by atoms with E-state index >= 15 is 0 Å². The topological polar surface area (TPSA) is 67.6 Å². The summed E-state index contributed by atoms with van der Waals surface area (Å²) in [6.07, 6.45) is 4.20. The summed E-state index contributed by atoms with van der Waals surface area (Å²) in [6.45, 7) is 2.07. The average Bonchev–Trinajstić information content (AvgIpc) is 2.83. The molecule has 5 nitrogen and oxygen atoms in total. The summed E-state index contributed by atoms with van der Waals surface area (Å²) in [5.74, 6) is 0.114. The van der Waals surface area contributed by atoms with Gasteiger partial charge < -0.3 is 10.9 Å². The van der Waals surface area contributed by atoms with Crippen LogP contribution in [0.15, 0.2) is 53.9 Å². The molecule has 0 aliphatic heterocycles. The van der Waals surface area contributed by atoms with E-state index in [2.05, 4.69) is 45.6 Å². The van der Waals surface area contributed by atoms with E-state index < -0.39 is 0 Å². The molecule has 0 spiro atoms. The molecular weight excluding hydrogens is 264 g/mol. The molecule has 0 atom stereocenters. The van der Waals surface area contributed by atoms with E-state index in [9.17, 15) is 0 Å². The molecule has 1 aromatic carbocycles. The van der Waals surface area contributed by atoms with Crippen LogP contribution in [0.25, 0.3) is 16.9 Å². The summed E-state index contributed by atoms with van der Waals surface area (Å²) < 4.78 is 4.25. The van der Waals surface area contributed by atoms with Crippen molar-refractivity contribution in [3.8, 4) is 11.3 Å². The van der Waals surface area contributed by atoms with Gasteiger partial charge in [-0.15, -0.1) is 0 Å². The minimum Gasteiger partial charge on any atom is -0.409 e. The maximum Gasteiger partial charge on any atom is 0.286 e. The number of fused-ring (bicyclic) bond motifs is 1. The molecule has 21 heavy (non-hydrogen) atoms. The van der Waals surface area contributed by atoms with Gasteiger partial charge >= 0.3 is 0 Å². The highest BCUT2D eigenvalue weighted by Gasteiger charge is 2.15. The Hall–Kier alpha value is -2.82. The van der Waals surface area contributed by atoms with Crippen molar-refractivity contribution >= 4 is 11.5 Å². The Kier molecular flexibility index (Phi) is 3.10. The summed E-state index contributed by atoms with van der Waals surface area (Å²) >= 11 is 0. The summed E-state index contributed by atoms with van der Waals surface area (Å²) in [5, 5.41) is 11.7. The van der Waals surface area contributed by atoms with Crippen LogP contribution in [0.3, 0.4) is 0 Å². The zero-order valence-electron chi connectivity index (χ0n) is 12.0. The van der Waals surface area contributed by atoms with Gasteiger partial charge in [-0.1, -0.05) is 17.3 Å². The number of nitrogens with two attached hydrogens (primary N) is 1. The first-order valence-corrected chi connectivity index (χ1v) is 6.66. The smallest absolute Gasteiger partial charge is 0.286 e. The number of hydrogen-bond donors (Lipinski definition) is 2. The molecule has 3 aromatic rings. The van der Waals surface area contributed by atoms with Gasteiger partial charge in [0.25, 0.3) is 5.65 Å². The highest BCUT2D eigenvalue weighted by molar-refractivity contribution is 5.97. The Morgan fingerprint density at radius 1 is 1.14 bits per heavy atom. The van der Waals surface area contributed by atoms with Gasteiger partial charge in [0.2, 0.25) is 0 Å². The molecule has 0 bridgehead atoms. The van der Waals surface area contributed by atoms with Crippen molar-refractivity contribution in [3.63, 3.8) is 0 Å². The highest BCUT2D eigenvalue weighted by Crippen LogP contribution is 2.20. The van der Waals surface area contributed by atoms with Crippen LogP contribution in [0.4, 0.5) is 0 Å². The van der Waals surface area contributed by atoms with Gasteiger partial charge in [0.1, 0.15) is 6.20 Å². The average molecular weight is 281 g/mol. The monoisotopic (exact) mass is 281 g/mol. The Balaban J connectivity index is 2.10. The number of amidine groups is 1. The van der Waals surface area contributed by atoms with E-state index in [-0.39, 0.29) is 5.84 Å². The second kappa shape index (κ2) is 4.94. The Bertz CT molecular complexity index is 831. The van der Waals surface area contributed by atoms with Gasteiger partial charge in [0, 0.05) is 17.2 Å². The van der Waals surface area contributed by atoms with Gasteiger partial charge in [-0.05, 0) is 30.7 Å². The largest absolute Gasteiger partial charge is 0.409 e. The lowest BCUT2D eigenvalue weighted by molar-refractivity contribution is -0.510. The van der Waals surface area contributed by atoms with Crippen molar-refractivity contribution in [2.45, 2.75) is 6.92 Å². The zero-order valence-corrected chi connectivity index (χ0v) is 12.0. The Morgan fingerprint density at radius 2 is 1.86 bits per heavy atom. The molecule has 0 aliphatic rings. The van der Waals surface area contributed by atoms with Crippen LogP contribution in [0.1, 0.15) is 11.1 Å². The van der Waals surface area contributed by atoms with Gasteiger partial charge in [-0.2, -0.15) is 0 Å². The number of aryl methyl sites for hydroxylation is 2. The fraction of sp³-hybridized carbons (Fsp3) is 0.125. The van der Waals surface area contributed by atoms with Gasteiger partial charge in [-0.3, -0.25) is 0 Å². The Labute approximate surface area is 122 Å². The molecule has 0 saturated heterocycles. The number of rotatable bonds is 2. The normalized spacial score (nSPS) is 12.0. The van der Waals surface area contributed by atoms with E-state index in [0.717, 1.165) is 16.9 Å². The number of nitrogens with zero attached hydrogens (tertiary/aromatic N) is 3. The van der Waals surface area contributed by atoms with Crippen LogP contribution in [-0.2, 0) is 7.05 Å². The molecule has 0 aliphatic carbocycles. The molecule has 5 heteroatoms. The van der Waals surface area contributed by atoms with Gasteiger partial charge in [-0.25, -0.2) is 8.97 Å². The molecule has 0 fully saturated rings. The van der Waals surface area contributed by atoms with Gasteiger partial charge in [0.15, 0.2) is 11.5 Å². The van der Waals surface area contributed by atoms with E-state index in [4.69, 9.17) is 10.9 Å². The van der Waals surface area contributed by atoms with E-state index in [1.165, 1.54) is 5.56 Å². The lowest BCUT2D eigenvalue weighted by Gasteiger charge is -2.00. The van der Waals surface area contributed by atoms with Gasteiger partial charge in [0.05, 0.1) is 13.2 Å². The molecule has 0 radical (unpaired) electrons. The van der Waals surface area contributed by atoms with Crippen LogP contribution >= 0.6 is 0 Å². The molecule has 0 unspecified atom stereocenters. The maximum absolute atomic E-state index is 8.70. The predicted molar refractivity (Wildman–Crippen MR) is 81.3 cm³/mol. The number of oxime groups is 1.